The zero-order valence-electron chi connectivity index (χ0n) is 12.4. The third-order valence-corrected chi connectivity index (χ3v) is 4.76. The third kappa shape index (κ3) is 2.80. The molecule has 112 valence electrons. The molecule has 3 atom stereocenters. The Hall–Kier alpha value is -1.84. The van der Waals surface area contributed by atoms with Crippen molar-refractivity contribution in [3.63, 3.8) is 0 Å². The van der Waals surface area contributed by atoms with Crippen LogP contribution in [0.1, 0.15) is 44.2 Å². The van der Waals surface area contributed by atoms with Gasteiger partial charge in [-0.25, -0.2) is 0 Å². The predicted molar refractivity (Wildman–Crippen MR) is 80.5 cm³/mol. The summed E-state index contributed by atoms with van der Waals surface area (Å²) in [6, 6.07) is 9.30. The first-order valence-electron chi connectivity index (χ1n) is 7.81. The minimum atomic E-state index is -0.533. The van der Waals surface area contributed by atoms with Gasteiger partial charge in [-0.05, 0) is 24.3 Å². The fourth-order valence-corrected chi connectivity index (χ4v) is 3.58. The smallest absolute Gasteiger partial charge is 0.250 e. The lowest BCUT2D eigenvalue weighted by atomic mass is 10.0. The molecule has 1 N–H and O–H groups in total. The summed E-state index contributed by atoms with van der Waals surface area (Å²) >= 11 is 0. The summed E-state index contributed by atoms with van der Waals surface area (Å²) in [4.78, 5) is 26.9. The summed E-state index contributed by atoms with van der Waals surface area (Å²) < 4.78 is 0. The number of nitrogens with zero attached hydrogens (tertiary/aromatic N) is 1. The van der Waals surface area contributed by atoms with Crippen LogP contribution in [0.5, 0.6) is 0 Å². The monoisotopic (exact) mass is 286 g/mol. The van der Waals surface area contributed by atoms with Gasteiger partial charge in [0, 0.05) is 19.0 Å². The van der Waals surface area contributed by atoms with Gasteiger partial charge in [-0.15, -0.1) is 0 Å². The topological polar surface area (TPSA) is 49.4 Å². The quantitative estimate of drug-likeness (QED) is 0.906. The van der Waals surface area contributed by atoms with E-state index in [1.807, 2.05) is 35.2 Å². The van der Waals surface area contributed by atoms with Crippen LogP contribution in [0.4, 0.5) is 0 Å². The first-order chi connectivity index (χ1) is 10.2. The van der Waals surface area contributed by atoms with Gasteiger partial charge in [0.2, 0.25) is 11.8 Å². The molecule has 0 radical (unpaired) electrons. The molecule has 1 aromatic rings. The van der Waals surface area contributed by atoms with E-state index >= 15 is 0 Å². The summed E-state index contributed by atoms with van der Waals surface area (Å²) in [6.45, 7) is 2.76. The molecule has 1 saturated carbocycles. The highest BCUT2D eigenvalue weighted by Crippen LogP contribution is 2.32. The minimum absolute atomic E-state index is 0.0367. The van der Waals surface area contributed by atoms with Gasteiger partial charge in [0.25, 0.3) is 0 Å². The molecule has 1 heterocycles. The Morgan fingerprint density at radius 1 is 1.14 bits per heavy atom. The Bertz CT molecular complexity index is 529. The average Bonchev–Trinajstić information content (AvgIpc) is 2.85. The van der Waals surface area contributed by atoms with Crippen molar-refractivity contribution in [1.29, 1.82) is 0 Å². The fourth-order valence-electron chi connectivity index (χ4n) is 3.58. The molecule has 1 aliphatic carbocycles. The van der Waals surface area contributed by atoms with E-state index in [4.69, 9.17) is 0 Å². The number of carbonyl (C=O) groups is 2. The largest absolute Gasteiger partial charge is 0.340 e. The summed E-state index contributed by atoms with van der Waals surface area (Å²) in [6.07, 6.45) is 3.81. The van der Waals surface area contributed by atoms with Gasteiger partial charge in [-0.1, -0.05) is 43.7 Å². The zero-order valence-corrected chi connectivity index (χ0v) is 12.4. The number of rotatable bonds is 2. The summed E-state index contributed by atoms with van der Waals surface area (Å²) in [5, 5.41) is 2.88. The second-order valence-electron chi connectivity index (χ2n) is 6.17. The molecule has 0 aromatic heterocycles. The number of amides is 2. The number of hydrogen-bond acceptors (Lipinski definition) is 2. The SMILES string of the molecule is CC1CCCC1N1CCC(=O)NC(c2ccccc2)C1=O. The maximum Gasteiger partial charge on any atom is 0.250 e. The van der Waals surface area contributed by atoms with Crippen molar-refractivity contribution in [2.75, 3.05) is 6.54 Å². The van der Waals surface area contributed by atoms with Crippen LogP contribution in [-0.4, -0.2) is 29.3 Å². The number of hydrogen-bond donors (Lipinski definition) is 1. The number of benzene rings is 1. The van der Waals surface area contributed by atoms with Crippen LogP contribution in [0.3, 0.4) is 0 Å². The lowest BCUT2D eigenvalue weighted by Crippen LogP contribution is -2.45. The Morgan fingerprint density at radius 3 is 2.57 bits per heavy atom. The van der Waals surface area contributed by atoms with Crippen molar-refractivity contribution in [2.24, 2.45) is 5.92 Å². The molecular formula is C17H22N2O2. The van der Waals surface area contributed by atoms with E-state index in [0.717, 1.165) is 12.0 Å². The molecular weight excluding hydrogens is 264 g/mol. The molecule has 3 rings (SSSR count). The molecule has 1 aromatic carbocycles. The molecule has 0 spiro atoms. The van der Waals surface area contributed by atoms with Crippen LogP contribution in [0.2, 0.25) is 0 Å². The van der Waals surface area contributed by atoms with Gasteiger partial charge >= 0.3 is 0 Å². The summed E-state index contributed by atoms with van der Waals surface area (Å²) in [7, 11) is 0. The van der Waals surface area contributed by atoms with E-state index in [1.54, 1.807) is 0 Å². The highest BCUT2D eigenvalue weighted by Gasteiger charge is 2.38. The van der Waals surface area contributed by atoms with Crippen molar-refractivity contribution in [3.05, 3.63) is 35.9 Å². The molecule has 21 heavy (non-hydrogen) atoms. The van der Waals surface area contributed by atoms with Gasteiger partial charge in [-0.2, -0.15) is 0 Å². The van der Waals surface area contributed by atoms with Crippen molar-refractivity contribution >= 4 is 11.8 Å². The van der Waals surface area contributed by atoms with E-state index in [2.05, 4.69) is 12.2 Å². The first-order valence-corrected chi connectivity index (χ1v) is 7.81. The van der Waals surface area contributed by atoms with Gasteiger partial charge in [0.05, 0.1) is 0 Å². The van der Waals surface area contributed by atoms with E-state index in [1.165, 1.54) is 12.8 Å². The molecule has 2 fully saturated rings. The maximum absolute atomic E-state index is 12.9. The Labute approximate surface area is 125 Å². The maximum atomic E-state index is 12.9. The molecule has 2 amide bonds. The van der Waals surface area contributed by atoms with Crippen molar-refractivity contribution in [3.8, 4) is 0 Å². The van der Waals surface area contributed by atoms with E-state index in [0.29, 0.717) is 18.9 Å². The lowest BCUT2D eigenvalue weighted by molar-refractivity contribution is -0.136. The number of nitrogens with one attached hydrogen (secondary N) is 1. The van der Waals surface area contributed by atoms with Gasteiger partial charge in [0.1, 0.15) is 6.04 Å². The standard InChI is InChI=1S/C17H22N2O2/c1-12-6-5-9-14(12)19-11-10-15(20)18-16(17(19)21)13-7-3-2-4-8-13/h2-4,7-8,12,14,16H,5-6,9-11H2,1H3,(H,18,20). The minimum Gasteiger partial charge on any atom is -0.340 e. The Kier molecular flexibility index (Phi) is 3.95. The summed E-state index contributed by atoms with van der Waals surface area (Å²) in [5.74, 6) is 0.537. The van der Waals surface area contributed by atoms with Gasteiger partial charge in [0.15, 0.2) is 0 Å². The van der Waals surface area contributed by atoms with Crippen LogP contribution < -0.4 is 5.32 Å². The Morgan fingerprint density at radius 2 is 1.90 bits per heavy atom. The van der Waals surface area contributed by atoms with Crippen LogP contribution in [-0.2, 0) is 9.59 Å². The molecule has 0 bridgehead atoms. The van der Waals surface area contributed by atoms with Crippen LogP contribution in [0, 0.1) is 5.92 Å². The molecule has 1 aliphatic heterocycles. The normalized spacial score (nSPS) is 30.1. The van der Waals surface area contributed by atoms with Crippen molar-refractivity contribution < 1.29 is 9.59 Å². The molecule has 3 unspecified atom stereocenters. The van der Waals surface area contributed by atoms with Crippen molar-refractivity contribution in [2.45, 2.75) is 44.7 Å². The lowest BCUT2D eigenvalue weighted by Gasteiger charge is -2.32. The highest BCUT2D eigenvalue weighted by molar-refractivity contribution is 5.91. The number of carbonyl (C=O) groups excluding carboxylic acids is 2. The fraction of sp³-hybridized carbons (Fsp3) is 0.529. The zero-order chi connectivity index (χ0) is 14.8. The molecule has 1 saturated heterocycles. The van der Waals surface area contributed by atoms with Crippen LogP contribution in [0.25, 0.3) is 0 Å². The molecule has 4 nitrogen and oxygen atoms in total. The third-order valence-electron chi connectivity index (χ3n) is 4.76. The summed E-state index contributed by atoms with van der Waals surface area (Å²) in [5.41, 5.74) is 0.869. The van der Waals surface area contributed by atoms with Crippen LogP contribution in [0.15, 0.2) is 30.3 Å². The highest BCUT2D eigenvalue weighted by atomic mass is 16.2. The van der Waals surface area contributed by atoms with Crippen molar-refractivity contribution in [1.82, 2.24) is 10.2 Å². The van der Waals surface area contributed by atoms with E-state index < -0.39 is 6.04 Å². The Balaban J connectivity index is 1.89. The molecule has 4 heteroatoms. The predicted octanol–water partition coefficient (Wildman–Crippen LogP) is 2.26. The average molecular weight is 286 g/mol. The second-order valence-corrected chi connectivity index (χ2v) is 6.17. The second kappa shape index (κ2) is 5.88. The van der Waals surface area contributed by atoms with Gasteiger partial charge < -0.3 is 10.2 Å². The molecule has 2 aliphatic rings. The first kappa shape index (κ1) is 14.1. The van der Waals surface area contributed by atoms with E-state index in [9.17, 15) is 9.59 Å². The van der Waals surface area contributed by atoms with E-state index in [-0.39, 0.29) is 17.9 Å². The van der Waals surface area contributed by atoms with Gasteiger partial charge in [-0.3, -0.25) is 9.59 Å². The van der Waals surface area contributed by atoms with Crippen LogP contribution >= 0.6 is 0 Å².